The monoisotopic (exact) mass is 160 g/mol. The third-order valence-corrected chi connectivity index (χ3v) is 1.84. The summed E-state index contributed by atoms with van der Waals surface area (Å²) in [4.78, 5) is 0. The Hall–Kier alpha value is -1.49. The van der Waals surface area contributed by atoms with Gasteiger partial charge in [0.25, 0.3) is 0 Å². The van der Waals surface area contributed by atoms with E-state index in [0.717, 1.165) is 18.5 Å². The van der Waals surface area contributed by atoms with Crippen LogP contribution in [0.15, 0.2) is 30.5 Å². The van der Waals surface area contributed by atoms with Crippen LogP contribution in [0.5, 0.6) is 0 Å². The highest BCUT2D eigenvalue weighted by Crippen LogP contribution is 2.06. The van der Waals surface area contributed by atoms with Crippen LogP contribution in [-0.2, 0) is 6.54 Å². The van der Waals surface area contributed by atoms with Gasteiger partial charge in [0, 0.05) is 12.7 Å². The van der Waals surface area contributed by atoms with E-state index in [1.165, 1.54) is 0 Å². The average molecular weight is 160 g/mol. The Labute approximate surface area is 72.7 Å². The highest BCUT2D eigenvalue weighted by molar-refractivity contribution is 5.22. The maximum atomic E-state index is 8.69. The second kappa shape index (κ2) is 3.77. The zero-order chi connectivity index (χ0) is 8.97. The van der Waals surface area contributed by atoms with E-state index in [9.17, 15) is 0 Å². The Bertz CT molecular complexity index is 315. The molecule has 12 heavy (non-hydrogen) atoms. The topological polar surface area (TPSA) is 28.7 Å². The van der Waals surface area contributed by atoms with Crippen molar-refractivity contribution in [3.05, 3.63) is 36.2 Å². The van der Waals surface area contributed by atoms with Gasteiger partial charge >= 0.3 is 0 Å². The summed E-state index contributed by atoms with van der Waals surface area (Å²) < 4.78 is 1.91. The van der Waals surface area contributed by atoms with Gasteiger partial charge in [0.15, 0.2) is 0 Å². The van der Waals surface area contributed by atoms with E-state index in [0.29, 0.717) is 5.69 Å². The molecule has 0 aliphatic rings. The largest absolute Gasteiger partial charge is 0.335 e. The maximum Gasteiger partial charge on any atom is 0.120 e. The van der Waals surface area contributed by atoms with E-state index in [1.54, 1.807) is 0 Å². The van der Waals surface area contributed by atoms with Gasteiger partial charge in [-0.05, 0) is 18.6 Å². The number of aromatic nitrogens is 1. The van der Waals surface area contributed by atoms with Crippen LogP contribution in [-0.4, -0.2) is 4.57 Å². The molecule has 0 fully saturated rings. The molecule has 1 aromatic rings. The molecule has 1 heterocycles. The Kier molecular flexibility index (Phi) is 2.71. The summed E-state index contributed by atoms with van der Waals surface area (Å²) in [6.07, 6.45) is 2.86. The smallest absolute Gasteiger partial charge is 0.120 e. The lowest BCUT2D eigenvalue weighted by Crippen LogP contribution is -2.00. The van der Waals surface area contributed by atoms with E-state index in [-0.39, 0.29) is 0 Å². The molecule has 0 radical (unpaired) electrons. The zero-order valence-corrected chi connectivity index (χ0v) is 7.25. The first kappa shape index (κ1) is 8.61. The molecule has 0 bridgehead atoms. The molecule has 2 heteroatoms. The number of allylic oxidation sites excluding steroid dienone is 1. The van der Waals surface area contributed by atoms with Gasteiger partial charge in [0.05, 0.1) is 0 Å². The van der Waals surface area contributed by atoms with Crippen LogP contribution in [0.4, 0.5) is 0 Å². The van der Waals surface area contributed by atoms with Crippen molar-refractivity contribution in [2.75, 3.05) is 0 Å². The zero-order valence-electron chi connectivity index (χ0n) is 7.25. The second-order valence-corrected chi connectivity index (χ2v) is 2.74. The van der Waals surface area contributed by atoms with E-state index < -0.39 is 0 Å². The fourth-order valence-electron chi connectivity index (χ4n) is 1.01. The van der Waals surface area contributed by atoms with Gasteiger partial charge in [0.2, 0.25) is 0 Å². The predicted octanol–water partition coefficient (Wildman–Crippen LogP) is 2.33. The Morgan fingerprint density at radius 1 is 1.75 bits per heavy atom. The van der Waals surface area contributed by atoms with Crippen LogP contribution < -0.4 is 0 Å². The Balaban J connectivity index is 2.76. The molecule has 0 spiro atoms. The van der Waals surface area contributed by atoms with Gasteiger partial charge in [-0.2, -0.15) is 5.26 Å². The molecule has 0 saturated heterocycles. The third-order valence-electron chi connectivity index (χ3n) is 1.84. The van der Waals surface area contributed by atoms with E-state index in [2.05, 4.69) is 19.6 Å². The van der Waals surface area contributed by atoms with Crippen LogP contribution in [0.25, 0.3) is 0 Å². The summed E-state index contributed by atoms with van der Waals surface area (Å²) in [7, 11) is 0. The Morgan fingerprint density at radius 3 is 3.08 bits per heavy atom. The Morgan fingerprint density at radius 2 is 2.50 bits per heavy atom. The molecule has 2 nitrogen and oxygen atoms in total. The normalized spacial score (nSPS) is 9.33. The SMILES string of the molecule is C=C(CC)Cn1cccc1C#N. The van der Waals surface area contributed by atoms with Crippen molar-refractivity contribution in [1.29, 1.82) is 5.26 Å². The van der Waals surface area contributed by atoms with Crippen molar-refractivity contribution in [1.82, 2.24) is 4.57 Å². The first-order valence-corrected chi connectivity index (χ1v) is 3.99. The van der Waals surface area contributed by atoms with Crippen molar-refractivity contribution in [2.24, 2.45) is 0 Å². The number of nitriles is 1. The molecule has 1 rings (SSSR count). The van der Waals surface area contributed by atoms with Gasteiger partial charge in [-0.1, -0.05) is 19.1 Å². The van der Waals surface area contributed by atoms with Gasteiger partial charge in [-0.3, -0.25) is 0 Å². The minimum atomic E-state index is 0.699. The van der Waals surface area contributed by atoms with Crippen LogP contribution >= 0.6 is 0 Å². The first-order chi connectivity index (χ1) is 5.77. The lowest BCUT2D eigenvalue weighted by atomic mass is 10.2. The van der Waals surface area contributed by atoms with Crippen molar-refractivity contribution in [2.45, 2.75) is 19.9 Å². The number of nitrogens with zero attached hydrogens (tertiary/aromatic N) is 2. The van der Waals surface area contributed by atoms with Gasteiger partial charge in [-0.15, -0.1) is 0 Å². The van der Waals surface area contributed by atoms with Crippen molar-refractivity contribution in [3.8, 4) is 6.07 Å². The summed E-state index contributed by atoms with van der Waals surface area (Å²) in [5, 5.41) is 8.69. The highest BCUT2D eigenvalue weighted by Gasteiger charge is 1.98. The summed E-state index contributed by atoms with van der Waals surface area (Å²) in [5.41, 5.74) is 1.84. The van der Waals surface area contributed by atoms with Crippen LogP contribution in [0, 0.1) is 11.3 Å². The molecule has 0 aliphatic heterocycles. The molecule has 0 saturated carbocycles. The molecule has 1 aromatic heterocycles. The summed E-state index contributed by atoms with van der Waals surface area (Å²) in [5.74, 6) is 0. The number of rotatable bonds is 3. The van der Waals surface area contributed by atoms with Crippen molar-refractivity contribution in [3.63, 3.8) is 0 Å². The standard InChI is InChI=1S/C10H12N2/c1-3-9(2)8-12-6-4-5-10(12)7-11/h4-6H,2-3,8H2,1H3. The fraction of sp³-hybridized carbons (Fsp3) is 0.300. The van der Waals surface area contributed by atoms with Gasteiger partial charge < -0.3 is 4.57 Å². The molecular formula is C10H12N2. The number of hydrogen-bond acceptors (Lipinski definition) is 1. The average Bonchev–Trinajstić information content (AvgIpc) is 2.51. The molecule has 0 amide bonds. The van der Waals surface area contributed by atoms with E-state index in [4.69, 9.17) is 5.26 Å². The predicted molar refractivity (Wildman–Crippen MR) is 48.6 cm³/mol. The lowest BCUT2D eigenvalue weighted by Gasteiger charge is -2.04. The molecule has 0 atom stereocenters. The fourth-order valence-corrected chi connectivity index (χ4v) is 1.01. The van der Waals surface area contributed by atoms with Crippen molar-refractivity contribution < 1.29 is 0 Å². The van der Waals surface area contributed by atoms with E-state index in [1.807, 2.05) is 22.9 Å². The minimum absolute atomic E-state index is 0.699. The molecular weight excluding hydrogens is 148 g/mol. The quantitative estimate of drug-likeness (QED) is 0.624. The van der Waals surface area contributed by atoms with Crippen LogP contribution in [0.3, 0.4) is 0 Å². The lowest BCUT2D eigenvalue weighted by molar-refractivity contribution is 0.756. The molecule has 0 unspecified atom stereocenters. The number of hydrogen-bond donors (Lipinski definition) is 0. The summed E-state index contributed by atoms with van der Waals surface area (Å²) in [6, 6.07) is 5.81. The van der Waals surface area contributed by atoms with Crippen molar-refractivity contribution >= 4 is 0 Å². The van der Waals surface area contributed by atoms with Gasteiger partial charge in [0.1, 0.15) is 11.8 Å². The summed E-state index contributed by atoms with van der Waals surface area (Å²) >= 11 is 0. The molecule has 0 aromatic carbocycles. The minimum Gasteiger partial charge on any atom is -0.335 e. The molecule has 0 N–H and O–H groups in total. The van der Waals surface area contributed by atoms with Crippen LogP contribution in [0.2, 0.25) is 0 Å². The first-order valence-electron chi connectivity index (χ1n) is 3.99. The molecule has 0 aliphatic carbocycles. The third kappa shape index (κ3) is 1.76. The van der Waals surface area contributed by atoms with Gasteiger partial charge in [-0.25, -0.2) is 0 Å². The van der Waals surface area contributed by atoms with Crippen LogP contribution in [0.1, 0.15) is 19.0 Å². The summed E-state index contributed by atoms with van der Waals surface area (Å²) in [6.45, 7) is 6.72. The maximum absolute atomic E-state index is 8.69. The highest BCUT2D eigenvalue weighted by atomic mass is 15.0. The van der Waals surface area contributed by atoms with E-state index >= 15 is 0 Å². The second-order valence-electron chi connectivity index (χ2n) is 2.74. The molecule has 62 valence electrons.